The van der Waals surface area contributed by atoms with E-state index in [9.17, 15) is 18.8 Å². The van der Waals surface area contributed by atoms with Crippen LogP contribution in [0.1, 0.15) is 51.6 Å². The van der Waals surface area contributed by atoms with E-state index in [1.165, 1.54) is 11.0 Å². The summed E-state index contributed by atoms with van der Waals surface area (Å²) in [6, 6.07) is 4.84. The number of amides is 3. The van der Waals surface area contributed by atoms with E-state index in [0.29, 0.717) is 38.4 Å². The van der Waals surface area contributed by atoms with E-state index in [1.54, 1.807) is 25.1 Å². The number of ether oxygens (including phenoxy) is 1. The number of carbonyl (C=O) groups is 3. The first-order valence-corrected chi connectivity index (χ1v) is 12.6. The Morgan fingerprint density at radius 2 is 1.91 bits per heavy atom. The van der Waals surface area contributed by atoms with Gasteiger partial charge in [-0.25, -0.2) is 14.0 Å². The molecule has 0 radical (unpaired) electrons. The van der Waals surface area contributed by atoms with Gasteiger partial charge in [0.15, 0.2) is 0 Å². The Labute approximate surface area is 206 Å². The lowest BCUT2D eigenvalue weighted by atomic mass is 9.84. The molecule has 3 aliphatic rings. The molecule has 0 spiro atoms. The molecule has 2 heterocycles. The third-order valence-corrected chi connectivity index (χ3v) is 7.29. The normalized spacial score (nSPS) is 23.7. The summed E-state index contributed by atoms with van der Waals surface area (Å²) in [6.45, 7) is 8.30. The first kappa shape index (κ1) is 25.2. The summed E-state index contributed by atoms with van der Waals surface area (Å²) < 4.78 is 20.1. The molecule has 1 aromatic carbocycles. The molecule has 35 heavy (non-hydrogen) atoms. The molecule has 2 aliphatic heterocycles. The third kappa shape index (κ3) is 5.05. The van der Waals surface area contributed by atoms with Gasteiger partial charge in [-0.15, -0.1) is 0 Å². The standard InChI is InChI=1S/C26H35FN4O4/c1-4-30-21(16-29-13-14-31(17(3)15-29)24(32)18-9-8-10-18)22(25(33)35-5-2)23(28-26(30)34)19-11-6-7-12-20(19)27/h6-7,11-12,17-18,23H,4-5,8-10,13-16H2,1-3H3,(H,28,34)/t17-,23-/m1/s1. The average Bonchev–Trinajstić information content (AvgIpc) is 2.78. The number of carbonyl (C=O) groups excluding carboxylic acids is 3. The van der Waals surface area contributed by atoms with Crippen molar-refractivity contribution in [3.63, 3.8) is 0 Å². The summed E-state index contributed by atoms with van der Waals surface area (Å²) in [7, 11) is 0. The van der Waals surface area contributed by atoms with Crippen LogP contribution in [-0.2, 0) is 14.3 Å². The fourth-order valence-corrected chi connectivity index (χ4v) is 5.21. The van der Waals surface area contributed by atoms with Crippen molar-refractivity contribution in [1.82, 2.24) is 20.0 Å². The molecule has 0 bridgehead atoms. The molecular weight excluding hydrogens is 451 g/mol. The highest BCUT2D eigenvalue weighted by molar-refractivity contribution is 5.95. The summed E-state index contributed by atoms with van der Waals surface area (Å²) in [5, 5.41) is 2.80. The summed E-state index contributed by atoms with van der Waals surface area (Å²) in [6.07, 6.45) is 3.06. The Balaban J connectivity index is 1.64. The number of esters is 1. The molecule has 1 aliphatic carbocycles. The van der Waals surface area contributed by atoms with Gasteiger partial charge >= 0.3 is 12.0 Å². The van der Waals surface area contributed by atoms with Crippen molar-refractivity contribution in [3.8, 4) is 0 Å². The molecule has 8 nitrogen and oxygen atoms in total. The predicted octanol–water partition coefficient (Wildman–Crippen LogP) is 3.06. The molecule has 3 amide bonds. The van der Waals surface area contributed by atoms with Gasteiger partial charge in [-0.3, -0.25) is 14.6 Å². The lowest BCUT2D eigenvalue weighted by Gasteiger charge is -2.44. The van der Waals surface area contributed by atoms with Gasteiger partial charge in [-0.1, -0.05) is 24.6 Å². The molecule has 2 fully saturated rings. The van der Waals surface area contributed by atoms with Crippen molar-refractivity contribution in [2.75, 3.05) is 39.3 Å². The first-order chi connectivity index (χ1) is 16.8. The van der Waals surface area contributed by atoms with Crippen LogP contribution in [0.25, 0.3) is 0 Å². The second-order valence-corrected chi connectivity index (χ2v) is 9.47. The van der Waals surface area contributed by atoms with Crippen LogP contribution in [0.2, 0.25) is 0 Å². The third-order valence-electron chi connectivity index (χ3n) is 7.29. The Hall–Kier alpha value is -2.94. The van der Waals surface area contributed by atoms with E-state index in [2.05, 4.69) is 10.2 Å². The number of halogens is 1. The van der Waals surface area contributed by atoms with Crippen molar-refractivity contribution >= 4 is 17.9 Å². The Morgan fingerprint density at radius 1 is 1.17 bits per heavy atom. The van der Waals surface area contributed by atoms with Gasteiger partial charge in [-0.05, 0) is 39.7 Å². The second-order valence-electron chi connectivity index (χ2n) is 9.47. The molecule has 1 N–H and O–H groups in total. The number of hydrogen-bond acceptors (Lipinski definition) is 5. The molecule has 1 saturated heterocycles. The minimum atomic E-state index is -0.945. The molecule has 0 aromatic heterocycles. The van der Waals surface area contributed by atoms with Crippen LogP contribution in [0.4, 0.5) is 9.18 Å². The molecule has 190 valence electrons. The SMILES string of the molecule is CCOC(=O)C1=C(CN2CCN(C(=O)C3CCC3)[C@H](C)C2)N(CC)C(=O)N[C@@H]1c1ccccc1F. The zero-order valence-electron chi connectivity index (χ0n) is 20.8. The van der Waals surface area contributed by atoms with E-state index < -0.39 is 17.8 Å². The zero-order valence-corrected chi connectivity index (χ0v) is 20.8. The van der Waals surface area contributed by atoms with Crippen LogP contribution >= 0.6 is 0 Å². The molecule has 9 heteroatoms. The van der Waals surface area contributed by atoms with Crippen molar-refractivity contribution in [2.24, 2.45) is 5.92 Å². The highest BCUT2D eigenvalue weighted by atomic mass is 19.1. The fourth-order valence-electron chi connectivity index (χ4n) is 5.21. The minimum absolute atomic E-state index is 0.0263. The number of nitrogens with zero attached hydrogens (tertiary/aromatic N) is 3. The van der Waals surface area contributed by atoms with Crippen LogP contribution in [-0.4, -0.2) is 78.0 Å². The molecule has 4 rings (SSSR count). The highest BCUT2D eigenvalue weighted by Crippen LogP contribution is 2.34. The van der Waals surface area contributed by atoms with Gasteiger partial charge in [0.1, 0.15) is 5.82 Å². The second kappa shape index (κ2) is 10.8. The number of benzene rings is 1. The number of nitrogens with one attached hydrogen (secondary N) is 1. The first-order valence-electron chi connectivity index (χ1n) is 12.6. The smallest absolute Gasteiger partial charge is 0.338 e. The van der Waals surface area contributed by atoms with Crippen LogP contribution in [0.3, 0.4) is 0 Å². The van der Waals surface area contributed by atoms with Gasteiger partial charge < -0.3 is 15.0 Å². The molecule has 2 atom stereocenters. The predicted molar refractivity (Wildman–Crippen MR) is 129 cm³/mol. The van der Waals surface area contributed by atoms with E-state index >= 15 is 0 Å². The van der Waals surface area contributed by atoms with Crippen molar-refractivity contribution in [1.29, 1.82) is 0 Å². The number of piperazine rings is 1. The van der Waals surface area contributed by atoms with Crippen LogP contribution in [0.5, 0.6) is 0 Å². The van der Waals surface area contributed by atoms with Crippen molar-refractivity contribution < 1.29 is 23.5 Å². The van der Waals surface area contributed by atoms with Crippen molar-refractivity contribution in [2.45, 2.75) is 52.1 Å². The number of urea groups is 1. The lowest BCUT2D eigenvalue weighted by Crippen LogP contribution is -2.57. The number of likely N-dealkylation sites (N-methyl/N-ethyl adjacent to an activating group) is 1. The van der Waals surface area contributed by atoms with E-state index in [1.807, 2.05) is 18.7 Å². The van der Waals surface area contributed by atoms with Gasteiger partial charge in [0.25, 0.3) is 0 Å². The summed E-state index contributed by atoms with van der Waals surface area (Å²) in [5.41, 5.74) is 0.995. The summed E-state index contributed by atoms with van der Waals surface area (Å²) in [4.78, 5) is 44.7. The quantitative estimate of drug-likeness (QED) is 0.599. The maximum atomic E-state index is 14.8. The van der Waals surface area contributed by atoms with Crippen LogP contribution < -0.4 is 5.32 Å². The zero-order chi connectivity index (χ0) is 25.1. The molecule has 1 aromatic rings. The fraction of sp³-hybridized carbons (Fsp3) is 0.577. The number of hydrogen-bond donors (Lipinski definition) is 1. The van der Waals surface area contributed by atoms with Gasteiger partial charge in [-0.2, -0.15) is 0 Å². The Kier molecular flexibility index (Phi) is 7.74. The highest BCUT2D eigenvalue weighted by Gasteiger charge is 2.40. The number of rotatable bonds is 7. The monoisotopic (exact) mass is 486 g/mol. The molecule has 1 saturated carbocycles. The lowest BCUT2D eigenvalue weighted by molar-refractivity contribution is -0.142. The van der Waals surface area contributed by atoms with Crippen molar-refractivity contribution in [3.05, 3.63) is 46.9 Å². The summed E-state index contributed by atoms with van der Waals surface area (Å²) in [5.74, 6) is -0.676. The Morgan fingerprint density at radius 3 is 2.51 bits per heavy atom. The topological polar surface area (TPSA) is 82.2 Å². The molecule has 0 unspecified atom stereocenters. The Bertz CT molecular complexity index is 1010. The minimum Gasteiger partial charge on any atom is -0.463 e. The largest absolute Gasteiger partial charge is 0.463 e. The average molecular weight is 487 g/mol. The maximum Gasteiger partial charge on any atom is 0.338 e. The molecular formula is C26H35FN4O4. The van der Waals surface area contributed by atoms with Gasteiger partial charge in [0.2, 0.25) is 5.91 Å². The van der Waals surface area contributed by atoms with Crippen LogP contribution in [0.15, 0.2) is 35.5 Å². The van der Waals surface area contributed by atoms with Crippen LogP contribution in [0, 0.1) is 11.7 Å². The van der Waals surface area contributed by atoms with E-state index in [0.717, 1.165) is 19.3 Å². The van der Waals surface area contributed by atoms with E-state index in [4.69, 9.17) is 4.74 Å². The van der Waals surface area contributed by atoms with E-state index in [-0.39, 0.29) is 41.6 Å². The van der Waals surface area contributed by atoms with Gasteiger partial charge in [0.05, 0.1) is 18.2 Å². The van der Waals surface area contributed by atoms with Gasteiger partial charge in [0, 0.05) is 55.9 Å². The maximum absolute atomic E-state index is 14.8. The summed E-state index contributed by atoms with van der Waals surface area (Å²) >= 11 is 0.